The Bertz CT molecular complexity index is 360. The standard InChI is InChI=1S/C10H16N4O/c1-2-8(11)10(15)14-6-5-13-4-3-12-9(13)7-14/h3-4,8H,2,5-7,11H2,1H3/t8-/m0/s1. The van der Waals surface area contributed by atoms with Crippen LogP contribution in [0.1, 0.15) is 19.2 Å². The van der Waals surface area contributed by atoms with Crippen LogP contribution in [0.25, 0.3) is 0 Å². The molecule has 82 valence electrons. The van der Waals surface area contributed by atoms with E-state index in [4.69, 9.17) is 5.73 Å². The molecule has 2 N–H and O–H groups in total. The average Bonchev–Trinajstić information content (AvgIpc) is 2.73. The van der Waals surface area contributed by atoms with Crippen LogP contribution in [0.15, 0.2) is 12.4 Å². The predicted octanol–water partition coefficient (Wildman–Crippen LogP) is -0.0374. The third kappa shape index (κ3) is 1.87. The highest BCUT2D eigenvalue weighted by atomic mass is 16.2. The van der Waals surface area contributed by atoms with Gasteiger partial charge < -0.3 is 15.2 Å². The van der Waals surface area contributed by atoms with Crippen molar-refractivity contribution in [3.63, 3.8) is 0 Å². The van der Waals surface area contributed by atoms with Crippen LogP contribution in [0.3, 0.4) is 0 Å². The van der Waals surface area contributed by atoms with Crippen LogP contribution in [0.2, 0.25) is 0 Å². The van der Waals surface area contributed by atoms with Gasteiger partial charge in [0.2, 0.25) is 5.91 Å². The van der Waals surface area contributed by atoms with Gasteiger partial charge in [-0.25, -0.2) is 4.98 Å². The topological polar surface area (TPSA) is 64.2 Å². The predicted molar refractivity (Wildman–Crippen MR) is 55.9 cm³/mol. The molecule has 0 spiro atoms. The Morgan fingerprint density at radius 1 is 1.67 bits per heavy atom. The first-order valence-electron chi connectivity index (χ1n) is 5.26. The molecule has 5 nitrogen and oxygen atoms in total. The fourth-order valence-electron chi connectivity index (χ4n) is 1.77. The van der Waals surface area contributed by atoms with E-state index in [-0.39, 0.29) is 11.9 Å². The molecule has 0 fully saturated rings. The van der Waals surface area contributed by atoms with Crippen molar-refractivity contribution in [2.24, 2.45) is 5.73 Å². The number of rotatable bonds is 2. The van der Waals surface area contributed by atoms with Gasteiger partial charge in [-0.3, -0.25) is 4.79 Å². The third-order valence-electron chi connectivity index (χ3n) is 2.81. The number of imidazole rings is 1. The molecule has 0 unspecified atom stereocenters. The van der Waals surface area contributed by atoms with Gasteiger partial charge in [-0.1, -0.05) is 6.92 Å². The summed E-state index contributed by atoms with van der Waals surface area (Å²) in [5.41, 5.74) is 5.72. The number of nitrogens with two attached hydrogens (primary N) is 1. The van der Waals surface area contributed by atoms with Crippen molar-refractivity contribution in [1.82, 2.24) is 14.5 Å². The van der Waals surface area contributed by atoms with Crippen LogP contribution < -0.4 is 5.73 Å². The second kappa shape index (κ2) is 4.02. The van der Waals surface area contributed by atoms with Crippen molar-refractivity contribution in [1.29, 1.82) is 0 Å². The Morgan fingerprint density at radius 3 is 3.20 bits per heavy atom. The van der Waals surface area contributed by atoms with Crippen LogP contribution in [0, 0.1) is 0 Å². The molecule has 1 atom stereocenters. The number of hydrogen-bond acceptors (Lipinski definition) is 3. The summed E-state index contributed by atoms with van der Waals surface area (Å²) in [6, 6.07) is -0.369. The molecule has 0 bridgehead atoms. The van der Waals surface area contributed by atoms with Gasteiger partial charge in [0.15, 0.2) is 0 Å². The molecule has 2 rings (SSSR count). The van der Waals surface area contributed by atoms with Gasteiger partial charge in [0, 0.05) is 25.5 Å². The van der Waals surface area contributed by atoms with E-state index in [9.17, 15) is 4.79 Å². The molecular weight excluding hydrogens is 192 g/mol. The van der Waals surface area contributed by atoms with E-state index in [1.165, 1.54) is 0 Å². The van der Waals surface area contributed by atoms with Crippen molar-refractivity contribution < 1.29 is 4.79 Å². The minimum Gasteiger partial charge on any atom is -0.332 e. The van der Waals surface area contributed by atoms with Crippen molar-refractivity contribution in [2.75, 3.05) is 6.54 Å². The van der Waals surface area contributed by atoms with Gasteiger partial charge >= 0.3 is 0 Å². The summed E-state index contributed by atoms with van der Waals surface area (Å²) in [4.78, 5) is 17.8. The Balaban J connectivity index is 2.06. The number of hydrogen-bond donors (Lipinski definition) is 1. The zero-order valence-electron chi connectivity index (χ0n) is 8.89. The Kier molecular flexibility index (Phi) is 2.73. The van der Waals surface area contributed by atoms with Crippen molar-refractivity contribution in [3.05, 3.63) is 18.2 Å². The lowest BCUT2D eigenvalue weighted by Gasteiger charge is -2.29. The maximum absolute atomic E-state index is 11.8. The first-order chi connectivity index (χ1) is 7.22. The molecule has 1 aromatic heterocycles. The summed E-state index contributed by atoms with van der Waals surface area (Å²) in [6.07, 6.45) is 4.39. The molecule has 1 aliphatic heterocycles. The van der Waals surface area contributed by atoms with Crippen LogP contribution in [-0.4, -0.2) is 32.9 Å². The van der Waals surface area contributed by atoms with Crippen LogP contribution >= 0.6 is 0 Å². The number of nitrogens with zero attached hydrogens (tertiary/aromatic N) is 3. The van der Waals surface area contributed by atoms with E-state index < -0.39 is 0 Å². The Morgan fingerprint density at radius 2 is 2.47 bits per heavy atom. The quantitative estimate of drug-likeness (QED) is 0.742. The van der Waals surface area contributed by atoms with Gasteiger partial charge in [-0.2, -0.15) is 0 Å². The summed E-state index contributed by atoms with van der Waals surface area (Å²) in [7, 11) is 0. The summed E-state index contributed by atoms with van der Waals surface area (Å²) in [5.74, 6) is 0.977. The summed E-state index contributed by atoms with van der Waals surface area (Å²) < 4.78 is 2.07. The van der Waals surface area contributed by atoms with Crippen LogP contribution in [-0.2, 0) is 17.9 Å². The highest BCUT2D eigenvalue weighted by Crippen LogP contribution is 2.11. The second-order valence-electron chi connectivity index (χ2n) is 3.81. The highest BCUT2D eigenvalue weighted by molar-refractivity contribution is 5.81. The highest BCUT2D eigenvalue weighted by Gasteiger charge is 2.24. The molecule has 0 saturated heterocycles. The molecule has 5 heteroatoms. The Labute approximate surface area is 88.9 Å². The van der Waals surface area contributed by atoms with Gasteiger partial charge in [0.1, 0.15) is 5.82 Å². The second-order valence-corrected chi connectivity index (χ2v) is 3.81. The monoisotopic (exact) mass is 208 g/mol. The molecule has 0 saturated carbocycles. The molecule has 1 aromatic rings. The molecule has 0 aromatic carbocycles. The number of fused-ring (bicyclic) bond motifs is 1. The van der Waals surface area contributed by atoms with E-state index in [1.54, 1.807) is 11.1 Å². The smallest absolute Gasteiger partial charge is 0.239 e. The molecular formula is C10H16N4O. The lowest BCUT2D eigenvalue weighted by Crippen LogP contribution is -2.46. The minimum atomic E-state index is -0.369. The largest absolute Gasteiger partial charge is 0.332 e. The first kappa shape index (κ1) is 10.2. The minimum absolute atomic E-state index is 0.0340. The van der Waals surface area contributed by atoms with Crippen LogP contribution in [0.4, 0.5) is 0 Å². The van der Waals surface area contributed by atoms with Crippen LogP contribution in [0.5, 0.6) is 0 Å². The van der Waals surface area contributed by atoms with Gasteiger partial charge in [0.05, 0.1) is 12.6 Å². The lowest BCUT2D eigenvalue weighted by molar-refractivity contribution is -0.134. The SMILES string of the molecule is CC[C@H](N)C(=O)N1CCn2ccnc2C1. The molecule has 1 aliphatic rings. The maximum atomic E-state index is 11.8. The van der Waals surface area contributed by atoms with Crippen molar-refractivity contribution in [3.8, 4) is 0 Å². The van der Waals surface area contributed by atoms with E-state index in [0.29, 0.717) is 13.0 Å². The normalized spacial score (nSPS) is 17.3. The summed E-state index contributed by atoms with van der Waals surface area (Å²) in [5, 5.41) is 0. The maximum Gasteiger partial charge on any atom is 0.239 e. The molecule has 1 amide bonds. The average molecular weight is 208 g/mol. The van der Waals surface area contributed by atoms with E-state index in [0.717, 1.165) is 18.9 Å². The van der Waals surface area contributed by atoms with Crippen molar-refractivity contribution >= 4 is 5.91 Å². The number of aromatic nitrogens is 2. The number of amides is 1. The zero-order chi connectivity index (χ0) is 10.8. The fourth-order valence-corrected chi connectivity index (χ4v) is 1.77. The van der Waals surface area contributed by atoms with E-state index in [1.807, 2.05) is 13.1 Å². The lowest BCUT2D eigenvalue weighted by atomic mass is 10.2. The number of carbonyl (C=O) groups excluding carboxylic acids is 1. The summed E-state index contributed by atoms with van der Waals surface area (Å²) >= 11 is 0. The van der Waals surface area contributed by atoms with Crippen molar-refractivity contribution in [2.45, 2.75) is 32.5 Å². The van der Waals surface area contributed by atoms with E-state index in [2.05, 4.69) is 9.55 Å². The summed E-state index contributed by atoms with van der Waals surface area (Å²) in [6.45, 7) is 4.06. The molecule has 0 aliphatic carbocycles. The van der Waals surface area contributed by atoms with E-state index >= 15 is 0 Å². The Hall–Kier alpha value is -1.36. The van der Waals surface area contributed by atoms with Gasteiger partial charge in [-0.05, 0) is 6.42 Å². The molecule has 0 radical (unpaired) electrons. The van der Waals surface area contributed by atoms with Gasteiger partial charge in [0.25, 0.3) is 0 Å². The fraction of sp³-hybridized carbons (Fsp3) is 0.600. The zero-order valence-corrected chi connectivity index (χ0v) is 8.89. The first-order valence-corrected chi connectivity index (χ1v) is 5.26. The third-order valence-corrected chi connectivity index (χ3v) is 2.81. The molecule has 2 heterocycles. The number of carbonyl (C=O) groups is 1. The molecule has 15 heavy (non-hydrogen) atoms. The van der Waals surface area contributed by atoms with Gasteiger partial charge in [-0.15, -0.1) is 0 Å².